The van der Waals surface area contributed by atoms with Gasteiger partial charge in [-0.25, -0.2) is 9.97 Å². The maximum absolute atomic E-state index is 12.3. The molecule has 0 aliphatic heterocycles. The van der Waals surface area contributed by atoms with E-state index in [-0.39, 0.29) is 5.91 Å². The predicted octanol–water partition coefficient (Wildman–Crippen LogP) is 2.96. The SMILES string of the molecule is N#Cc1ccc(NC(=O)c2ccnc(NC3CCCC3)n2)cc1. The van der Waals surface area contributed by atoms with E-state index in [4.69, 9.17) is 5.26 Å². The topological polar surface area (TPSA) is 90.7 Å². The Bertz CT molecular complexity index is 729. The molecule has 1 aromatic heterocycles. The number of aromatic nitrogens is 2. The van der Waals surface area contributed by atoms with Crippen LogP contribution in [0.4, 0.5) is 11.6 Å². The van der Waals surface area contributed by atoms with Crippen LogP contribution in [0.15, 0.2) is 36.5 Å². The highest BCUT2D eigenvalue weighted by molar-refractivity contribution is 6.02. The van der Waals surface area contributed by atoms with Crippen LogP contribution in [0, 0.1) is 11.3 Å². The second-order valence-electron chi connectivity index (χ2n) is 5.53. The first-order valence-corrected chi connectivity index (χ1v) is 7.66. The Morgan fingerprint density at radius 3 is 2.61 bits per heavy atom. The van der Waals surface area contributed by atoms with Crippen LogP contribution in [0.2, 0.25) is 0 Å². The van der Waals surface area contributed by atoms with E-state index in [0.717, 1.165) is 12.8 Å². The minimum atomic E-state index is -0.299. The van der Waals surface area contributed by atoms with Crippen molar-refractivity contribution in [2.75, 3.05) is 10.6 Å². The molecule has 1 heterocycles. The fraction of sp³-hybridized carbons (Fsp3) is 0.294. The lowest BCUT2D eigenvalue weighted by Crippen LogP contribution is -2.19. The summed E-state index contributed by atoms with van der Waals surface area (Å²) < 4.78 is 0. The lowest BCUT2D eigenvalue weighted by molar-refractivity contribution is 0.102. The lowest BCUT2D eigenvalue weighted by Gasteiger charge is -2.12. The summed E-state index contributed by atoms with van der Waals surface area (Å²) in [4.78, 5) is 20.7. The van der Waals surface area contributed by atoms with Gasteiger partial charge in [-0.2, -0.15) is 5.26 Å². The van der Waals surface area contributed by atoms with E-state index >= 15 is 0 Å². The molecule has 0 saturated heterocycles. The maximum atomic E-state index is 12.3. The smallest absolute Gasteiger partial charge is 0.274 e. The number of carbonyl (C=O) groups excluding carboxylic acids is 1. The second-order valence-corrected chi connectivity index (χ2v) is 5.53. The van der Waals surface area contributed by atoms with Crippen LogP contribution in [0.5, 0.6) is 0 Å². The highest BCUT2D eigenvalue weighted by Gasteiger charge is 2.16. The zero-order chi connectivity index (χ0) is 16.1. The van der Waals surface area contributed by atoms with Crippen LogP contribution in [0.25, 0.3) is 0 Å². The Hall–Kier alpha value is -2.94. The van der Waals surface area contributed by atoms with Crippen molar-refractivity contribution in [2.45, 2.75) is 31.7 Å². The summed E-state index contributed by atoms with van der Waals surface area (Å²) in [5.74, 6) is 0.191. The Morgan fingerprint density at radius 2 is 1.91 bits per heavy atom. The van der Waals surface area contributed by atoms with Gasteiger partial charge in [0.25, 0.3) is 5.91 Å². The minimum Gasteiger partial charge on any atom is -0.351 e. The lowest BCUT2D eigenvalue weighted by atomic mass is 10.2. The van der Waals surface area contributed by atoms with Crippen molar-refractivity contribution >= 4 is 17.5 Å². The molecule has 23 heavy (non-hydrogen) atoms. The second kappa shape index (κ2) is 6.88. The molecule has 1 aromatic carbocycles. The Morgan fingerprint density at radius 1 is 1.17 bits per heavy atom. The van der Waals surface area contributed by atoms with Crippen molar-refractivity contribution in [3.8, 4) is 6.07 Å². The molecular weight excluding hydrogens is 290 g/mol. The van der Waals surface area contributed by atoms with Gasteiger partial charge in [0.15, 0.2) is 0 Å². The summed E-state index contributed by atoms with van der Waals surface area (Å²) in [6.45, 7) is 0. The van der Waals surface area contributed by atoms with Crippen LogP contribution < -0.4 is 10.6 Å². The number of rotatable bonds is 4. The molecule has 1 saturated carbocycles. The molecular formula is C17H17N5O. The highest BCUT2D eigenvalue weighted by atomic mass is 16.1. The van der Waals surface area contributed by atoms with E-state index in [0.29, 0.717) is 28.9 Å². The molecule has 1 fully saturated rings. The quantitative estimate of drug-likeness (QED) is 0.906. The molecule has 0 bridgehead atoms. The van der Waals surface area contributed by atoms with Crippen molar-refractivity contribution in [1.82, 2.24) is 9.97 Å². The summed E-state index contributed by atoms with van der Waals surface area (Å²) in [5, 5.41) is 14.8. The summed E-state index contributed by atoms with van der Waals surface area (Å²) in [7, 11) is 0. The zero-order valence-corrected chi connectivity index (χ0v) is 12.6. The predicted molar refractivity (Wildman–Crippen MR) is 87.0 cm³/mol. The average Bonchev–Trinajstić information content (AvgIpc) is 3.09. The number of nitrogens with zero attached hydrogens (tertiary/aromatic N) is 3. The molecule has 0 radical (unpaired) electrons. The normalized spacial score (nSPS) is 14.2. The standard InChI is InChI=1S/C17H17N5O/c18-11-12-5-7-14(8-6-12)20-16(23)15-9-10-19-17(22-15)21-13-3-1-2-4-13/h5-10,13H,1-4H2,(H,20,23)(H,19,21,22). The van der Waals surface area contributed by atoms with Crippen LogP contribution in [0.3, 0.4) is 0 Å². The first kappa shape index (κ1) is 15.0. The van der Waals surface area contributed by atoms with Gasteiger partial charge in [0.1, 0.15) is 5.69 Å². The van der Waals surface area contributed by atoms with Crippen molar-refractivity contribution in [3.63, 3.8) is 0 Å². The van der Waals surface area contributed by atoms with Gasteiger partial charge in [-0.15, -0.1) is 0 Å². The number of benzene rings is 1. The van der Waals surface area contributed by atoms with Crippen molar-refractivity contribution in [3.05, 3.63) is 47.8 Å². The molecule has 0 unspecified atom stereocenters. The summed E-state index contributed by atoms with van der Waals surface area (Å²) in [6.07, 6.45) is 6.25. The molecule has 0 spiro atoms. The van der Waals surface area contributed by atoms with Crippen LogP contribution >= 0.6 is 0 Å². The number of hydrogen-bond acceptors (Lipinski definition) is 5. The molecule has 1 aliphatic carbocycles. The van der Waals surface area contributed by atoms with Gasteiger partial charge in [-0.3, -0.25) is 4.79 Å². The Balaban J connectivity index is 1.67. The molecule has 3 rings (SSSR count). The van der Waals surface area contributed by atoms with Gasteiger partial charge in [-0.05, 0) is 43.2 Å². The van der Waals surface area contributed by atoms with Gasteiger partial charge in [0.2, 0.25) is 5.95 Å². The van der Waals surface area contributed by atoms with Gasteiger partial charge in [0.05, 0.1) is 11.6 Å². The Labute approximate surface area is 134 Å². The Kier molecular flexibility index (Phi) is 4.48. The largest absolute Gasteiger partial charge is 0.351 e. The van der Waals surface area contributed by atoms with Crippen molar-refractivity contribution in [1.29, 1.82) is 5.26 Å². The molecule has 0 atom stereocenters. The van der Waals surface area contributed by atoms with Gasteiger partial charge in [-0.1, -0.05) is 12.8 Å². The highest BCUT2D eigenvalue weighted by Crippen LogP contribution is 2.20. The summed E-state index contributed by atoms with van der Waals surface area (Å²) in [5.41, 5.74) is 1.48. The number of hydrogen-bond donors (Lipinski definition) is 2. The van der Waals surface area contributed by atoms with E-state index < -0.39 is 0 Å². The van der Waals surface area contributed by atoms with E-state index in [1.807, 2.05) is 6.07 Å². The molecule has 6 nitrogen and oxygen atoms in total. The number of nitrogens with one attached hydrogen (secondary N) is 2. The number of amides is 1. The molecule has 1 amide bonds. The molecule has 116 valence electrons. The fourth-order valence-corrected chi connectivity index (χ4v) is 2.63. The van der Waals surface area contributed by atoms with Crippen LogP contribution in [0.1, 0.15) is 41.7 Å². The average molecular weight is 307 g/mol. The van der Waals surface area contributed by atoms with Gasteiger partial charge in [0, 0.05) is 17.9 Å². The molecule has 6 heteroatoms. The number of nitriles is 1. The molecule has 2 aromatic rings. The van der Waals surface area contributed by atoms with Crippen molar-refractivity contribution in [2.24, 2.45) is 0 Å². The van der Waals surface area contributed by atoms with Crippen LogP contribution in [-0.4, -0.2) is 21.9 Å². The van der Waals surface area contributed by atoms with Gasteiger partial charge >= 0.3 is 0 Å². The van der Waals surface area contributed by atoms with Gasteiger partial charge < -0.3 is 10.6 Å². The van der Waals surface area contributed by atoms with E-state index in [9.17, 15) is 4.79 Å². The van der Waals surface area contributed by atoms with Crippen molar-refractivity contribution < 1.29 is 4.79 Å². The van der Waals surface area contributed by atoms with E-state index in [1.165, 1.54) is 12.8 Å². The fourth-order valence-electron chi connectivity index (χ4n) is 2.63. The molecule has 1 aliphatic rings. The van der Waals surface area contributed by atoms with E-state index in [2.05, 4.69) is 20.6 Å². The number of anilines is 2. The number of carbonyl (C=O) groups is 1. The maximum Gasteiger partial charge on any atom is 0.274 e. The third kappa shape index (κ3) is 3.83. The first-order valence-electron chi connectivity index (χ1n) is 7.66. The molecule has 2 N–H and O–H groups in total. The minimum absolute atomic E-state index is 0.299. The zero-order valence-electron chi connectivity index (χ0n) is 12.6. The van der Waals surface area contributed by atoms with Crippen LogP contribution in [-0.2, 0) is 0 Å². The third-order valence-corrected chi connectivity index (χ3v) is 3.85. The van der Waals surface area contributed by atoms with E-state index in [1.54, 1.807) is 36.5 Å². The monoisotopic (exact) mass is 307 g/mol. The summed E-state index contributed by atoms with van der Waals surface area (Å²) >= 11 is 0. The summed E-state index contributed by atoms with van der Waals surface area (Å²) in [6, 6.07) is 10.7. The third-order valence-electron chi connectivity index (χ3n) is 3.85. The first-order chi connectivity index (χ1) is 11.2.